The van der Waals surface area contributed by atoms with E-state index in [1.807, 2.05) is 6.42 Å². The molecule has 1 heterocycles. The largest absolute Gasteiger partial charge is 0.339 e. The molecule has 4 nitrogen and oxygen atoms in total. The first-order valence-corrected chi connectivity index (χ1v) is 8.15. The maximum Gasteiger partial charge on any atom is 0.230 e. The van der Waals surface area contributed by atoms with Gasteiger partial charge >= 0.3 is 0 Å². The molecule has 20 heavy (non-hydrogen) atoms. The molecular formula is C16H24N3O. The molecular weight excluding hydrogens is 250 g/mol. The Balaban J connectivity index is 1.52. The summed E-state index contributed by atoms with van der Waals surface area (Å²) in [5, 5.41) is 4.34. The Morgan fingerprint density at radius 1 is 1.15 bits per heavy atom. The van der Waals surface area contributed by atoms with Crippen molar-refractivity contribution in [3.05, 3.63) is 18.1 Å². The minimum atomic E-state index is 0.248. The van der Waals surface area contributed by atoms with Gasteiger partial charge in [-0.25, -0.2) is 0 Å². The van der Waals surface area contributed by atoms with E-state index in [2.05, 4.69) is 5.16 Å². The van der Waals surface area contributed by atoms with Gasteiger partial charge in [-0.3, -0.25) is 0 Å². The second-order valence-corrected chi connectivity index (χ2v) is 7.29. The van der Waals surface area contributed by atoms with Crippen molar-refractivity contribution in [2.24, 2.45) is 23.5 Å². The van der Waals surface area contributed by atoms with Crippen LogP contribution in [0.2, 0.25) is 0 Å². The lowest BCUT2D eigenvalue weighted by Crippen LogP contribution is -2.49. The van der Waals surface area contributed by atoms with Gasteiger partial charge in [0.25, 0.3) is 0 Å². The van der Waals surface area contributed by atoms with Crippen LogP contribution in [0.25, 0.3) is 0 Å². The van der Waals surface area contributed by atoms with Crippen molar-refractivity contribution in [1.29, 1.82) is 0 Å². The summed E-state index contributed by atoms with van der Waals surface area (Å²) in [6.45, 7) is 0.715. The summed E-state index contributed by atoms with van der Waals surface area (Å²) in [5.41, 5.74) is 5.76. The number of nitrogens with two attached hydrogens (primary N) is 1. The van der Waals surface area contributed by atoms with E-state index in [4.69, 9.17) is 15.2 Å². The van der Waals surface area contributed by atoms with Gasteiger partial charge < -0.3 is 10.3 Å². The highest BCUT2D eigenvalue weighted by Crippen LogP contribution is 2.60. The summed E-state index contributed by atoms with van der Waals surface area (Å²) >= 11 is 0. The molecule has 1 aromatic heterocycles. The van der Waals surface area contributed by atoms with E-state index < -0.39 is 0 Å². The van der Waals surface area contributed by atoms with Crippen molar-refractivity contribution < 1.29 is 4.52 Å². The zero-order valence-electron chi connectivity index (χ0n) is 12.1. The van der Waals surface area contributed by atoms with Crippen LogP contribution in [0.4, 0.5) is 0 Å². The molecule has 1 radical (unpaired) electrons. The second-order valence-electron chi connectivity index (χ2n) is 7.29. The van der Waals surface area contributed by atoms with Crippen LogP contribution in [0.5, 0.6) is 0 Å². The molecule has 1 aromatic rings. The normalized spacial score (nSPS) is 38.5. The molecule has 109 valence electrons. The van der Waals surface area contributed by atoms with Crippen molar-refractivity contribution in [1.82, 2.24) is 10.1 Å². The second kappa shape index (κ2) is 4.83. The highest BCUT2D eigenvalue weighted by Gasteiger charge is 2.53. The molecule has 4 bridgehead atoms. The molecule has 4 aliphatic rings. The van der Waals surface area contributed by atoms with Gasteiger partial charge in [-0.1, -0.05) is 5.16 Å². The Labute approximate surface area is 120 Å². The Morgan fingerprint density at radius 3 is 2.40 bits per heavy atom. The summed E-state index contributed by atoms with van der Waals surface area (Å²) in [6.07, 6.45) is 12.2. The number of hydrogen-bond acceptors (Lipinski definition) is 4. The Kier molecular flexibility index (Phi) is 3.09. The Morgan fingerprint density at radius 2 is 1.80 bits per heavy atom. The van der Waals surface area contributed by atoms with Gasteiger partial charge in [0.1, 0.15) is 0 Å². The molecule has 0 saturated heterocycles. The van der Waals surface area contributed by atoms with E-state index in [1.165, 1.54) is 38.5 Å². The minimum Gasteiger partial charge on any atom is -0.339 e. The van der Waals surface area contributed by atoms with Crippen LogP contribution in [0.3, 0.4) is 0 Å². The first kappa shape index (κ1) is 12.8. The van der Waals surface area contributed by atoms with Crippen LogP contribution in [-0.2, 0) is 5.41 Å². The maximum atomic E-state index is 5.51. The lowest BCUT2D eigenvalue weighted by atomic mass is 9.49. The molecule has 4 heteroatoms. The van der Waals surface area contributed by atoms with Gasteiger partial charge in [0.05, 0.1) is 6.42 Å². The van der Waals surface area contributed by atoms with E-state index in [1.54, 1.807) is 0 Å². The predicted octanol–water partition coefficient (Wildman–Crippen LogP) is 2.83. The van der Waals surface area contributed by atoms with Crippen LogP contribution in [0, 0.1) is 24.2 Å². The average Bonchev–Trinajstić information content (AvgIpc) is 2.87. The SMILES string of the molecule is NCCC[CH]c1nc(C23CC4CC(CC(C4)C2)C3)no1. The molecule has 0 spiro atoms. The van der Waals surface area contributed by atoms with E-state index in [9.17, 15) is 0 Å². The van der Waals surface area contributed by atoms with Gasteiger partial charge in [-0.2, -0.15) is 4.98 Å². The quantitative estimate of drug-likeness (QED) is 0.838. The molecule has 0 atom stereocenters. The lowest BCUT2D eigenvalue weighted by Gasteiger charge is -2.55. The molecule has 4 aliphatic carbocycles. The molecule has 4 saturated carbocycles. The third-order valence-electron chi connectivity index (χ3n) is 5.68. The highest BCUT2D eigenvalue weighted by atomic mass is 16.5. The summed E-state index contributed by atoms with van der Waals surface area (Å²) in [6, 6.07) is 0. The zero-order valence-corrected chi connectivity index (χ0v) is 12.1. The molecule has 0 unspecified atom stereocenters. The van der Waals surface area contributed by atoms with E-state index in [0.717, 1.165) is 36.4 Å². The standard InChI is InChI=1S/C16H24N3O/c17-4-2-1-3-14-18-15(19-20-14)16-8-11-5-12(9-16)7-13(6-11)10-16/h3,11-13H,1-2,4-10,17H2. The number of nitrogens with zero attached hydrogens (tertiary/aromatic N) is 2. The summed E-state index contributed by atoms with van der Waals surface area (Å²) < 4.78 is 5.44. The predicted molar refractivity (Wildman–Crippen MR) is 75.8 cm³/mol. The number of unbranched alkanes of at least 4 members (excludes halogenated alkanes) is 1. The molecule has 5 rings (SSSR count). The number of rotatable bonds is 5. The fourth-order valence-corrected chi connectivity index (χ4v) is 5.26. The van der Waals surface area contributed by atoms with Crippen LogP contribution >= 0.6 is 0 Å². The molecule has 2 N–H and O–H groups in total. The monoisotopic (exact) mass is 274 g/mol. The van der Waals surface area contributed by atoms with Gasteiger partial charge in [-0.05, 0) is 75.7 Å². The lowest BCUT2D eigenvalue weighted by molar-refractivity contribution is -0.0103. The first-order valence-electron chi connectivity index (χ1n) is 8.15. The third kappa shape index (κ3) is 2.09. The van der Waals surface area contributed by atoms with Crippen molar-refractivity contribution in [2.75, 3.05) is 6.54 Å². The van der Waals surface area contributed by atoms with E-state index >= 15 is 0 Å². The molecule has 4 fully saturated rings. The van der Waals surface area contributed by atoms with Gasteiger partial charge in [-0.15, -0.1) is 0 Å². The third-order valence-corrected chi connectivity index (χ3v) is 5.68. The van der Waals surface area contributed by atoms with Crippen molar-refractivity contribution in [3.8, 4) is 0 Å². The summed E-state index contributed by atoms with van der Waals surface area (Å²) in [5.74, 6) is 4.46. The molecule has 0 amide bonds. The Bertz CT molecular complexity index is 447. The number of aromatic nitrogens is 2. The van der Waals surface area contributed by atoms with Crippen molar-refractivity contribution in [3.63, 3.8) is 0 Å². The Hall–Kier alpha value is -0.900. The van der Waals surface area contributed by atoms with Crippen LogP contribution in [0.1, 0.15) is 63.1 Å². The van der Waals surface area contributed by atoms with Crippen LogP contribution in [-0.4, -0.2) is 16.7 Å². The number of hydrogen-bond donors (Lipinski definition) is 1. The fourth-order valence-electron chi connectivity index (χ4n) is 5.26. The molecule has 0 aliphatic heterocycles. The minimum absolute atomic E-state index is 0.248. The molecule has 0 aromatic carbocycles. The summed E-state index contributed by atoms with van der Waals surface area (Å²) in [4.78, 5) is 4.70. The first-order chi connectivity index (χ1) is 9.77. The zero-order chi connectivity index (χ0) is 13.6. The van der Waals surface area contributed by atoms with Gasteiger partial charge in [0.2, 0.25) is 5.89 Å². The van der Waals surface area contributed by atoms with Crippen LogP contribution in [0.15, 0.2) is 4.52 Å². The van der Waals surface area contributed by atoms with Crippen LogP contribution < -0.4 is 5.73 Å². The average molecular weight is 274 g/mol. The topological polar surface area (TPSA) is 64.9 Å². The van der Waals surface area contributed by atoms with Crippen molar-refractivity contribution in [2.45, 2.75) is 56.8 Å². The van der Waals surface area contributed by atoms with E-state index in [-0.39, 0.29) is 5.41 Å². The van der Waals surface area contributed by atoms with Gasteiger partial charge in [0, 0.05) is 5.41 Å². The maximum absolute atomic E-state index is 5.51. The summed E-state index contributed by atoms with van der Waals surface area (Å²) in [7, 11) is 0. The van der Waals surface area contributed by atoms with E-state index in [0.29, 0.717) is 12.4 Å². The fraction of sp³-hybridized carbons (Fsp3) is 0.812. The van der Waals surface area contributed by atoms with Crippen molar-refractivity contribution >= 4 is 0 Å². The smallest absolute Gasteiger partial charge is 0.230 e. The van der Waals surface area contributed by atoms with Gasteiger partial charge in [0.15, 0.2) is 5.82 Å². The highest BCUT2D eigenvalue weighted by molar-refractivity contribution is 5.17.